The number of ether oxygens (including phenoxy) is 1. The number of hydrogen-bond donors (Lipinski definition) is 2. The van der Waals surface area contributed by atoms with E-state index < -0.39 is 5.60 Å². The monoisotopic (exact) mass is 355 g/mol. The third kappa shape index (κ3) is 6.89. The van der Waals surface area contributed by atoms with E-state index in [1.807, 2.05) is 25.1 Å². The smallest absolute Gasteiger partial charge is 0.244 e. The van der Waals surface area contributed by atoms with Crippen molar-refractivity contribution in [3.05, 3.63) is 39.9 Å². The first kappa shape index (κ1) is 17.9. The van der Waals surface area contributed by atoms with Gasteiger partial charge in [-0.15, -0.1) is 0 Å². The van der Waals surface area contributed by atoms with Crippen molar-refractivity contribution in [3.8, 4) is 0 Å². The lowest BCUT2D eigenvalue weighted by Gasteiger charge is -2.22. The zero-order chi connectivity index (χ0) is 15.9. The van der Waals surface area contributed by atoms with Gasteiger partial charge in [-0.1, -0.05) is 28.1 Å². The molecule has 1 amide bonds. The lowest BCUT2D eigenvalue weighted by Crippen LogP contribution is -2.40. The first-order chi connectivity index (χ1) is 9.84. The molecule has 1 rings (SSSR count). The summed E-state index contributed by atoms with van der Waals surface area (Å²) in [6, 6.07) is 5.92. The number of benzene rings is 1. The zero-order valence-corrected chi connectivity index (χ0v) is 14.2. The molecule has 21 heavy (non-hydrogen) atoms. The highest BCUT2D eigenvalue weighted by Crippen LogP contribution is 2.19. The lowest BCUT2D eigenvalue weighted by molar-refractivity contribution is -0.117. The first-order valence-corrected chi connectivity index (χ1v) is 7.57. The molecular weight excluding hydrogens is 334 g/mol. The minimum Gasteiger partial charge on any atom is -0.388 e. The van der Waals surface area contributed by atoms with Gasteiger partial charge in [0.25, 0.3) is 0 Å². The molecule has 4 nitrogen and oxygen atoms in total. The predicted molar refractivity (Wildman–Crippen MR) is 88.0 cm³/mol. The van der Waals surface area contributed by atoms with Gasteiger partial charge in [0.05, 0.1) is 5.60 Å². The zero-order valence-electron chi connectivity index (χ0n) is 12.6. The molecule has 0 bridgehead atoms. The van der Waals surface area contributed by atoms with Crippen LogP contribution in [0.5, 0.6) is 0 Å². The van der Waals surface area contributed by atoms with Crippen LogP contribution in [-0.4, -0.2) is 36.9 Å². The van der Waals surface area contributed by atoms with Gasteiger partial charge in [-0.25, -0.2) is 0 Å². The molecule has 0 spiro atoms. The Labute approximate surface area is 134 Å². The van der Waals surface area contributed by atoms with Crippen LogP contribution in [0.3, 0.4) is 0 Å². The van der Waals surface area contributed by atoms with Crippen molar-refractivity contribution >= 4 is 27.9 Å². The number of aryl methyl sites for hydroxylation is 1. The van der Waals surface area contributed by atoms with Crippen molar-refractivity contribution in [1.82, 2.24) is 5.32 Å². The summed E-state index contributed by atoms with van der Waals surface area (Å²) in [5.41, 5.74) is 1.11. The predicted octanol–water partition coefficient (Wildman–Crippen LogP) is 2.67. The van der Waals surface area contributed by atoms with Crippen molar-refractivity contribution in [2.45, 2.75) is 25.9 Å². The van der Waals surface area contributed by atoms with Crippen LogP contribution in [0.25, 0.3) is 6.08 Å². The molecule has 0 aliphatic heterocycles. The normalized spacial score (nSPS) is 14.1. The van der Waals surface area contributed by atoms with Gasteiger partial charge in [0.15, 0.2) is 0 Å². The molecule has 116 valence electrons. The maximum absolute atomic E-state index is 11.8. The Bertz CT molecular complexity index is 512. The van der Waals surface area contributed by atoms with E-state index in [1.54, 1.807) is 20.1 Å². The molecule has 0 fully saturated rings. The average molecular weight is 356 g/mol. The number of carbonyl (C=O) groups excluding carboxylic acids is 1. The molecule has 2 N–H and O–H groups in total. The number of rotatable bonds is 7. The van der Waals surface area contributed by atoms with Crippen LogP contribution in [0.2, 0.25) is 0 Å². The maximum Gasteiger partial charge on any atom is 0.244 e. The molecule has 0 saturated carbocycles. The Morgan fingerprint density at radius 1 is 1.52 bits per heavy atom. The molecule has 0 saturated heterocycles. The van der Waals surface area contributed by atoms with Gasteiger partial charge in [0, 0.05) is 37.2 Å². The molecular formula is C16H22BrNO3. The lowest BCUT2D eigenvalue weighted by atomic mass is 10.0. The summed E-state index contributed by atoms with van der Waals surface area (Å²) in [4.78, 5) is 11.8. The number of amides is 1. The second-order valence-corrected chi connectivity index (χ2v) is 6.17. The molecule has 5 heteroatoms. The largest absolute Gasteiger partial charge is 0.388 e. The minimum atomic E-state index is -0.968. The number of hydrogen-bond acceptors (Lipinski definition) is 3. The quantitative estimate of drug-likeness (QED) is 0.739. The Hall–Kier alpha value is -1.17. The average Bonchev–Trinajstić information content (AvgIpc) is 2.42. The number of aliphatic hydroxyl groups is 1. The summed E-state index contributed by atoms with van der Waals surface area (Å²) < 4.78 is 5.86. The molecule has 0 radical (unpaired) electrons. The fraction of sp³-hybridized carbons (Fsp3) is 0.438. The van der Waals surface area contributed by atoms with Crippen molar-refractivity contribution in [2.24, 2.45) is 0 Å². The van der Waals surface area contributed by atoms with Crippen molar-refractivity contribution < 1.29 is 14.6 Å². The highest BCUT2D eigenvalue weighted by molar-refractivity contribution is 9.10. The van der Waals surface area contributed by atoms with Crippen LogP contribution in [0.1, 0.15) is 24.5 Å². The van der Waals surface area contributed by atoms with Crippen LogP contribution in [0.15, 0.2) is 28.7 Å². The summed E-state index contributed by atoms with van der Waals surface area (Å²) >= 11 is 3.46. The van der Waals surface area contributed by atoms with Crippen LogP contribution in [-0.2, 0) is 9.53 Å². The van der Waals surface area contributed by atoms with Gasteiger partial charge in [0.2, 0.25) is 5.91 Å². The van der Waals surface area contributed by atoms with E-state index >= 15 is 0 Å². The summed E-state index contributed by atoms with van der Waals surface area (Å²) in [7, 11) is 1.58. The Kier molecular flexibility index (Phi) is 7.08. The van der Waals surface area contributed by atoms with E-state index in [0.717, 1.165) is 15.6 Å². The maximum atomic E-state index is 11.8. The second kappa shape index (κ2) is 8.32. The Balaban J connectivity index is 2.51. The topological polar surface area (TPSA) is 58.6 Å². The van der Waals surface area contributed by atoms with Crippen LogP contribution >= 0.6 is 15.9 Å². The Morgan fingerprint density at radius 2 is 2.24 bits per heavy atom. The molecule has 1 aromatic rings. The summed E-state index contributed by atoms with van der Waals surface area (Å²) in [6.45, 7) is 4.32. The van der Waals surface area contributed by atoms with Gasteiger partial charge < -0.3 is 15.2 Å². The van der Waals surface area contributed by atoms with Crippen LogP contribution in [0.4, 0.5) is 0 Å². The van der Waals surface area contributed by atoms with Gasteiger partial charge in [-0.2, -0.15) is 0 Å². The fourth-order valence-corrected chi connectivity index (χ4v) is 2.30. The molecule has 0 aliphatic carbocycles. The molecule has 1 atom stereocenters. The highest BCUT2D eigenvalue weighted by Gasteiger charge is 2.20. The fourth-order valence-electron chi connectivity index (χ4n) is 1.68. The first-order valence-electron chi connectivity index (χ1n) is 6.77. The third-order valence-electron chi connectivity index (χ3n) is 3.06. The van der Waals surface area contributed by atoms with E-state index in [4.69, 9.17) is 4.74 Å². The van der Waals surface area contributed by atoms with Gasteiger partial charge in [-0.3, -0.25) is 4.79 Å². The number of nitrogens with one attached hydrogen (secondary N) is 1. The van der Waals surface area contributed by atoms with E-state index in [0.29, 0.717) is 13.0 Å². The molecule has 0 aliphatic rings. The third-order valence-corrected chi connectivity index (χ3v) is 3.75. The SMILES string of the molecule is COCCC(C)(O)CNC(=O)/C=C/c1ccc(C)cc1Br. The number of methoxy groups -OCH3 is 1. The van der Waals surface area contributed by atoms with Gasteiger partial charge in [0.1, 0.15) is 0 Å². The molecule has 0 heterocycles. The summed E-state index contributed by atoms with van der Waals surface area (Å²) in [6.07, 6.45) is 3.67. The molecule has 0 aromatic heterocycles. The number of carbonyl (C=O) groups is 1. The molecule has 1 aromatic carbocycles. The van der Waals surface area contributed by atoms with Gasteiger partial charge in [-0.05, 0) is 37.1 Å². The van der Waals surface area contributed by atoms with Crippen LogP contribution < -0.4 is 5.32 Å². The summed E-state index contributed by atoms with van der Waals surface area (Å²) in [5.74, 6) is -0.236. The van der Waals surface area contributed by atoms with Gasteiger partial charge >= 0.3 is 0 Å². The van der Waals surface area contributed by atoms with E-state index in [1.165, 1.54) is 6.08 Å². The van der Waals surface area contributed by atoms with Crippen molar-refractivity contribution in [2.75, 3.05) is 20.3 Å². The van der Waals surface area contributed by atoms with Crippen LogP contribution in [0, 0.1) is 6.92 Å². The van der Waals surface area contributed by atoms with Crippen molar-refractivity contribution in [3.63, 3.8) is 0 Å². The minimum absolute atomic E-state index is 0.189. The standard InChI is InChI=1S/C16H22BrNO3/c1-12-4-5-13(14(17)10-12)6-7-15(19)18-11-16(2,20)8-9-21-3/h4-7,10,20H,8-9,11H2,1-3H3,(H,18,19)/b7-6+. The van der Waals surface area contributed by atoms with E-state index in [9.17, 15) is 9.90 Å². The summed E-state index contributed by atoms with van der Waals surface area (Å²) in [5, 5.41) is 12.7. The highest BCUT2D eigenvalue weighted by atomic mass is 79.9. The van der Waals surface area contributed by atoms with Crippen molar-refractivity contribution in [1.29, 1.82) is 0 Å². The number of halogens is 1. The van der Waals surface area contributed by atoms with E-state index in [-0.39, 0.29) is 12.5 Å². The Morgan fingerprint density at radius 3 is 2.86 bits per heavy atom. The van der Waals surface area contributed by atoms with E-state index in [2.05, 4.69) is 21.2 Å². The second-order valence-electron chi connectivity index (χ2n) is 5.32. The molecule has 1 unspecified atom stereocenters.